The van der Waals surface area contributed by atoms with Crippen molar-refractivity contribution >= 4 is 0 Å². The highest BCUT2D eigenvalue weighted by Crippen LogP contribution is 2.28. The summed E-state index contributed by atoms with van der Waals surface area (Å²) < 4.78 is 0. The van der Waals surface area contributed by atoms with Crippen LogP contribution < -0.4 is 5.32 Å². The van der Waals surface area contributed by atoms with Crippen molar-refractivity contribution in [1.82, 2.24) is 5.32 Å². The lowest BCUT2D eigenvalue weighted by Crippen LogP contribution is -2.30. The maximum atomic E-state index is 3.71. The fourth-order valence-corrected chi connectivity index (χ4v) is 2.25. The van der Waals surface area contributed by atoms with Gasteiger partial charge >= 0.3 is 0 Å². The predicted molar refractivity (Wildman–Crippen MR) is 81.0 cm³/mol. The Morgan fingerprint density at radius 3 is 2.22 bits per heavy atom. The molecule has 0 saturated heterocycles. The molecule has 0 amide bonds. The minimum absolute atomic E-state index is 0.476. The number of nitrogens with one attached hydrogen (secondary N) is 1. The van der Waals surface area contributed by atoms with E-state index < -0.39 is 0 Å². The van der Waals surface area contributed by atoms with Crippen molar-refractivity contribution in [2.24, 2.45) is 11.8 Å². The first kappa shape index (κ1) is 15.2. The number of benzene rings is 1. The summed E-state index contributed by atoms with van der Waals surface area (Å²) in [6, 6.07) is 7.36. The Morgan fingerprint density at radius 2 is 1.72 bits per heavy atom. The van der Waals surface area contributed by atoms with Crippen LogP contribution in [0.4, 0.5) is 0 Å². The lowest BCUT2D eigenvalue weighted by atomic mass is 9.85. The maximum absolute atomic E-state index is 3.71. The molecule has 0 heterocycles. The molecule has 0 saturated carbocycles. The summed E-state index contributed by atoms with van der Waals surface area (Å²) in [6.07, 6.45) is 1.19. The third-order valence-electron chi connectivity index (χ3n) is 4.08. The van der Waals surface area contributed by atoms with Gasteiger partial charge in [0.1, 0.15) is 0 Å². The highest BCUT2D eigenvalue weighted by Gasteiger charge is 2.21. The van der Waals surface area contributed by atoms with Gasteiger partial charge in [0.05, 0.1) is 0 Å². The van der Waals surface area contributed by atoms with Crippen molar-refractivity contribution in [3.05, 3.63) is 34.9 Å². The molecule has 0 radical (unpaired) electrons. The van der Waals surface area contributed by atoms with Crippen LogP contribution >= 0.6 is 0 Å². The zero-order valence-electron chi connectivity index (χ0n) is 12.9. The smallest absolute Gasteiger partial charge is 0.0348 e. The number of rotatable bonds is 6. The molecule has 1 rings (SSSR count). The monoisotopic (exact) mass is 247 g/mol. The molecular weight excluding hydrogens is 218 g/mol. The summed E-state index contributed by atoms with van der Waals surface area (Å²) in [5.74, 6) is 1.35. The number of hydrogen-bond donors (Lipinski definition) is 1. The molecule has 1 aromatic carbocycles. The molecular formula is C17H29N. The molecule has 0 aliphatic heterocycles. The molecule has 0 aliphatic carbocycles. The van der Waals surface area contributed by atoms with Crippen molar-refractivity contribution in [1.29, 1.82) is 0 Å². The Balaban J connectivity index is 2.97. The molecule has 2 unspecified atom stereocenters. The SMILES string of the molecule is CCCNC(c1ccc(C)c(C)c1)C(C)C(C)C. The van der Waals surface area contributed by atoms with E-state index in [4.69, 9.17) is 0 Å². The van der Waals surface area contributed by atoms with E-state index >= 15 is 0 Å². The molecule has 0 fully saturated rings. The standard InChI is InChI=1S/C17H29N/c1-7-10-18-17(15(6)12(2)3)16-9-8-13(4)14(5)11-16/h8-9,11-12,15,17-18H,7,10H2,1-6H3. The van der Waals surface area contributed by atoms with Crippen LogP contribution in [0.15, 0.2) is 18.2 Å². The summed E-state index contributed by atoms with van der Waals surface area (Å²) in [6.45, 7) is 14.7. The second kappa shape index (κ2) is 6.94. The third-order valence-corrected chi connectivity index (χ3v) is 4.08. The summed E-state index contributed by atoms with van der Waals surface area (Å²) >= 11 is 0. The average molecular weight is 247 g/mol. The van der Waals surface area contributed by atoms with Gasteiger partial charge in [-0.15, -0.1) is 0 Å². The Labute approximate surface area is 113 Å². The van der Waals surface area contributed by atoms with E-state index in [0.29, 0.717) is 17.9 Å². The van der Waals surface area contributed by atoms with E-state index in [9.17, 15) is 0 Å². The molecule has 0 spiro atoms. The quantitative estimate of drug-likeness (QED) is 0.772. The number of aryl methyl sites for hydroxylation is 2. The van der Waals surface area contributed by atoms with E-state index in [1.54, 1.807) is 0 Å². The van der Waals surface area contributed by atoms with Crippen molar-refractivity contribution in [3.8, 4) is 0 Å². The molecule has 1 nitrogen and oxygen atoms in total. The molecule has 0 bridgehead atoms. The van der Waals surface area contributed by atoms with E-state index in [2.05, 4.69) is 65.1 Å². The Morgan fingerprint density at radius 1 is 1.06 bits per heavy atom. The summed E-state index contributed by atoms with van der Waals surface area (Å²) in [5.41, 5.74) is 4.21. The fraction of sp³-hybridized carbons (Fsp3) is 0.647. The first-order valence-electron chi connectivity index (χ1n) is 7.27. The minimum atomic E-state index is 0.476. The lowest BCUT2D eigenvalue weighted by Gasteiger charge is -2.29. The molecule has 1 N–H and O–H groups in total. The van der Waals surface area contributed by atoms with Gasteiger partial charge in [-0.3, -0.25) is 0 Å². The Kier molecular flexibility index (Phi) is 5.87. The van der Waals surface area contributed by atoms with E-state index in [1.165, 1.54) is 23.1 Å². The van der Waals surface area contributed by atoms with Crippen LogP contribution in [0.5, 0.6) is 0 Å². The van der Waals surface area contributed by atoms with Gasteiger partial charge < -0.3 is 5.32 Å². The van der Waals surface area contributed by atoms with Crippen LogP contribution in [0.2, 0.25) is 0 Å². The van der Waals surface area contributed by atoms with Crippen LogP contribution in [0.1, 0.15) is 56.8 Å². The summed E-state index contributed by atoms with van der Waals surface area (Å²) in [7, 11) is 0. The van der Waals surface area contributed by atoms with E-state index in [0.717, 1.165) is 6.54 Å². The van der Waals surface area contributed by atoms with E-state index in [1.807, 2.05) is 0 Å². The lowest BCUT2D eigenvalue weighted by molar-refractivity contribution is 0.303. The van der Waals surface area contributed by atoms with Gasteiger partial charge in [0.2, 0.25) is 0 Å². The first-order chi connectivity index (χ1) is 8.47. The normalized spacial score (nSPS) is 14.8. The third kappa shape index (κ3) is 3.84. The highest BCUT2D eigenvalue weighted by atomic mass is 14.9. The van der Waals surface area contributed by atoms with Crippen LogP contribution in [0, 0.1) is 25.7 Å². The predicted octanol–water partition coefficient (Wildman–Crippen LogP) is 4.64. The first-order valence-corrected chi connectivity index (χ1v) is 7.27. The zero-order valence-corrected chi connectivity index (χ0v) is 12.9. The van der Waals surface area contributed by atoms with Gasteiger partial charge in [0, 0.05) is 6.04 Å². The Bertz CT molecular complexity index is 368. The second-order valence-electron chi connectivity index (χ2n) is 5.88. The van der Waals surface area contributed by atoms with Gasteiger partial charge in [-0.2, -0.15) is 0 Å². The average Bonchev–Trinajstić information content (AvgIpc) is 2.33. The second-order valence-corrected chi connectivity index (χ2v) is 5.88. The molecule has 18 heavy (non-hydrogen) atoms. The Hall–Kier alpha value is -0.820. The fourth-order valence-electron chi connectivity index (χ4n) is 2.25. The highest BCUT2D eigenvalue weighted by molar-refractivity contribution is 5.32. The van der Waals surface area contributed by atoms with Crippen LogP contribution in [0.3, 0.4) is 0 Å². The van der Waals surface area contributed by atoms with Gasteiger partial charge in [-0.25, -0.2) is 0 Å². The molecule has 0 aliphatic rings. The number of hydrogen-bond acceptors (Lipinski definition) is 1. The molecule has 1 heteroatoms. The van der Waals surface area contributed by atoms with E-state index in [-0.39, 0.29) is 0 Å². The largest absolute Gasteiger partial charge is 0.310 e. The van der Waals surface area contributed by atoms with Crippen molar-refractivity contribution < 1.29 is 0 Å². The van der Waals surface area contributed by atoms with Crippen LogP contribution in [-0.4, -0.2) is 6.54 Å². The zero-order chi connectivity index (χ0) is 13.7. The summed E-state index contributed by atoms with van der Waals surface area (Å²) in [5, 5.41) is 3.71. The van der Waals surface area contributed by atoms with Crippen LogP contribution in [-0.2, 0) is 0 Å². The van der Waals surface area contributed by atoms with Crippen molar-refractivity contribution in [2.75, 3.05) is 6.54 Å². The molecule has 102 valence electrons. The molecule has 1 aromatic rings. The summed E-state index contributed by atoms with van der Waals surface area (Å²) in [4.78, 5) is 0. The van der Waals surface area contributed by atoms with Crippen molar-refractivity contribution in [3.63, 3.8) is 0 Å². The van der Waals surface area contributed by atoms with Crippen molar-refractivity contribution in [2.45, 2.75) is 54.0 Å². The van der Waals surface area contributed by atoms with Gasteiger partial charge in [0.15, 0.2) is 0 Å². The van der Waals surface area contributed by atoms with Gasteiger partial charge in [-0.1, -0.05) is 45.9 Å². The topological polar surface area (TPSA) is 12.0 Å². The minimum Gasteiger partial charge on any atom is -0.310 e. The molecule has 0 aromatic heterocycles. The maximum Gasteiger partial charge on any atom is 0.0348 e. The molecule has 2 atom stereocenters. The van der Waals surface area contributed by atoms with Gasteiger partial charge in [0.25, 0.3) is 0 Å². The van der Waals surface area contributed by atoms with Gasteiger partial charge in [-0.05, 0) is 55.3 Å². The van der Waals surface area contributed by atoms with Crippen LogP contribution in [0.25, 0.3) is 0 Å².